The minimum Gasteiger partial charge on any atom is -0.378 e. The molecule has 1 rings (SSSR count). The van der Waals surface area contributed by atoms with Crippen molar-refractivity contribution in [1.29, 1.82) is 0 Å². The molecule has 0 amide bonds. The van der Waals surface area contributed by atoms with Gasteiger partial charge in [-0.15, -0.1) is 0 Å². The summed E-state index contributed by atoms with van der Waals surface area (Å²) in [5.74, 6) is 0. The van der Waals surface area contributed by atoms with Gasteiger partial charge in [-0.25, -0.2) is 0 Å². The number of ether oxygens (including phenoxy) is 9. The van der Waals surface area contributed by atoms with Crippen molar-refractivity contribution in [2.75, 3.05) is 130 Å². The van der Waals surface area contributed by atoms with Gasteiger partial charge >= 0.3 is 0 Å². The fourth-order valence-electron chi connectivity index (χ4n) is 2.89. The predicted octanol–water partition coefficient (Wildman–Crippen LogP) is 2.28. The Morgan fingerprint density at radius 1 is 0.463 bits per heavy atom. The maximum atomic E-state index is 12.1. The zero-order valence-electron chi connectivity index (χ0n) is 24.1. The number of rotatable bonds is 31. The number of hydrogen-bond acceptors (Lipinski definition) is 12. The molecule has 0 atom stereocenters. The van der Waals surface area contributed by atoms with E-state index in [1.165, 1.54) is 12.1 Å². The average molecular weight is 723 g/mol. The van der Waals surface area contributed by atoms with E-state index in [0.29, 0.717) is 106 Å². The summed E-state index contributed by atoms with van der Waals surface area (Å²) in [6.45, 7) is 10.6. The monoisotopic (exact) mass is 722 g/mol. The average Bonchev–Trinajstić information content (AvgIpc) is 2.96. The first-order chi connectivity index (χ1) is 20.1. The van der Waals surface area contributed by atoms with Crippen LogP contribution in [0.2, 0.25) is 0 Å². The SMILES string of the molecule is Cc1ccc(S(=O)(=O)OCCOCCOCCOCCOCCOCCOCCOCCOCCOCCI)cc1. The van der Waals surface area contributed by atoms with Crippen molar-refractivity contribution in [1.82, 2.24) is 0 Å². The van der Waals surface area contributed by atoms with Gasteiger partial charge in [0.1, 0.15) is 0 Å². The molecule has 0 radical (unpaired) electrons. The Kier molecular flexibility index (Phi) is 26.6. The Balaban J connectivity index is 1.71. The molecule has 0 aromatic heterocycles. The minimum absolute atomic E-state index is 0.0550. The summed E-state index contributed by atoms with van der Waals surface area (Å²) >= 11 is 2.27. The van der Waals surface area contributed by atoms with E-state index in [1.807, 2.05) is 6.92 Å². The van der Waals surface area contributed by atoms with Crippen molar-refractivity contribution in [3.8, 4) is 0 Å². The molecule has 0 saturated heterocycles. The van der Waals surface area contributed by atoms with Crippen LogP contribution in [0.5, 0.6) is 0 Å². The van der Waals surface area contributed by atoms with Crippen LogP contribution in [0.4, 0.5) is 0 Å². The zero-order valence-corrected chi connectivity index (χ0v) is 27.1. The lowest BCUT2D eigenvalue weighted by atomic mass is 10.2. The van der Waals surface area contributed by atoms with E-state index in [4.69, 9.17) is 46.8 Å². The molecule has 0 aliphatic heterocycles. The van der Waals surface area contributed by atoms with Crippen LogP contribution in [0.25, 0.3) is 0 Å². The molecule has 0 aliphatic carbocycles. The lowest BCUT2D eigenvalue weighted by Gasteiger charge is -2.09. The standard InChI is InChI=1S/C27H47IO12S/c1-26-2-4-27(5-3-26)41(29,30)40-25-24-39-23-22-38-21-20-37-19-18-36-17-16-35-15-14-34-13-12-33-11-10-32-9-8-31-7-6-28/h2-5H,6-25H2,1H3. The highest BCUT2D eigenvalue weighted by Gasteiger charge is 2.14. The van der Waals surface area contributed by atoms with Crippen LogP contribution in [0, 0.1) is 6.92 Å². The van der Waals surface area contributed by atoms with Gasteiger partial charge in [0.25, 0.3) is 10.1 Å². The van der Waals surface area contributed by atoms with Gasteiger partial charge in [0.2, 0.25) is 0 Å². The molecule has 0 heterocycles. The highest BCUT2D eigenvalue weighted by Crippen LogP contribution is 2.12. The molecule has 14 heteroatoms. The second-order valence-electron chi connectivity index (χ2n) is 8.29. The van der Waals surface area contributed by atoms with E-state index in [0.717, 1.165) is 16.6 Å². The van der Waals surface area contributed by atoms with Crippen molar-refractivity contribution in [3.05, 3.63) is 29.8 Å². The molecule has 0 fully saturated rings. The molecule has 12 nitrogen and oxygen atoms in total. The molecular weight excluding hydrogens is 675 g/mol. The Morgan fingerprint density at radius 3 is 1.02 bits per heavy atom. The quantitative estimate of drug-likeness (QED) is 0.0483. The molecular formula is C27H47IO12S. The van der Waals surface area contributed by atoms with Crippen molar-refractivity contribution in [3.63, 3.8) is 0 Å². The van der Waals surface area contributed by atoms with Gasteiger partial charge in [0.15, 0.2) is 0 Å². The minimum atomic E-state index is -3.77. The summed E-state index contributed by atoms with van der Waals surface area (Å²) in [5.41, 5.74) is 0.977. The van der Waals surface area contributed by atoms with Gasteiger partial charge in [-0.05, 0) is 19.1 Å². The second kappa shape index (κ2) is 28.3. The van der Waals surface area contributed by atoms with E-state index in [2.05, 4.69) is 22.6 Å². The van der Waals surface area contributed by atoms with E-state index >= 15 is 0 Å². The molecule has 0 unspecified atom stereocenters. The van der Waals surface area contributed by atoms with E-state index < -0.39 is 10.1 Å². The van der Waals surface area contributed by atoms with Crippen molar-refractivity contribution in [2.45, 2.75) is 11.8 Å². The summed E-state index contributed by atoms with van der Waals surface area (Å²) < 4.78 is 78.7. The zero-order chi connectivity index (χ0) is 29.7. The van der Waals surface area contributed by atoms with Crippen LogP contribution in [0.1, 0.15) is 5.56 Å². The number of halogens is 1. The van der Waals surface area contributed by atoms with Gasteiger partial charge in [0.05, 0.1) is 130 Å². The van der Waals surface area contributed by atoms with Crippen molar-refractivity contribution in [2.24, 2.45) is 0 Å². The van der Waals surface area contributed by atoms with Crippen LogP contribution >= 0.6 is 22.6 Å². The number of hydrogen-bond donors (Lipinski definition) is 0. The summed E-state index contributed by atoms with van der Waals surface area (Å²) in [4.78, 5) is 0.131. The third kappa shape index (κ3) is 24.6. The van der Waals surface area contributed by atoms with Crippen LogP contribution in [0.3, 0.4) is 0 Å². The molecule has 0 N–H and O–H groups in total. The molecule has 41 heavy (non-hydrogen) atoms. The van der Waals surface area contributed by atoms with Gasteiger partial charge in [-0.2, -0.15) is 8.42 Å². The van der Waals surface area contributed by atoms with Crippen molar-refractivity contribution >= 4 is 32.7 Å². The van der Waals surface area contributed by atoms with E-state index in [1.54, 1.807) is 12.1 Å². The molecule has 240 valence electrons. The van der Waals surface area contributed by atoms with Gasteiger partial charge in [0, 0.05) is 4.43 Å². The second-order valence-corrected chi connectivity index (χ2v) is 11.0. The van der Waals surface area contributed by atoms with Crippen LogP contribution < -0.4 is 0 Å². The normalized spacial score (nSPS) is 11.9. The maximum Gasteiger partial charge on any atom is 0.297 e. The number of alkyl halides is 1. The Bertz CT molecular complexity index is 798. The Morgan fingerprint density at radius 2 is 0.732 bits per heavy atom. The maximum absolute atomic E-state index is 12.1. The summed E-state index contributed by atoms with van der Waals surface area (Å²) in [6, 6.07) is 6.49. The Labute approximate surface area is 258 Å². The first-order valence-corrected chi connectivity index (χ1v) is 16.7. The fraction of sp³-hybridized carbons (Fsp3) is 0.778. The molecule has 1 aromatic rings. The summed E-state index contributed by atoms with van der Waals surface area (Å²) in [6.07, 6.45) is 0. The summed E-state index contributed by atoms with van der Waals surface area (Å²) in [7, 11) is -3.77. The largest absolute Gasteiger partial charge is 0.378 e. The topological polar surface area (TPSA) is 126 Å². The van der Waals surface area contributed by atoms with Gasteiger partial charge < -0.3 is 42.6 Å². The molecule has 0 spiro atoms. The van der Waals surface area contributed by atoms with Crippen LogP contribution in [0.15, 0.2) is 29.2 Å². The van der Waals surface area contributed by atoms with E-state index in [-0.39, 0.29) is 18.1 Å². The predicted molar refractivity (Wildman–Crippen MR) is 161 cm³/mol. The molecule has 0 aliphatic rings. The first kappa shape index (κ1) is 38.5. The third-order valence-electron chi connectivity index (χ3n) is 4.97. The van der Waals surface area contributed by atoms with Crippen LogP contribution in [-0.4, -0.2) is 138 Å². The number of aryl methyl sites for hydroxylation is 1. The smallest absolute Gasteiger partial charge is 0.297 e. The van der Waals surface area contributed by atoms with Gasteiger partial charge in [-0.1, -0.05) is 40.3 Å². The van der Waals surface area contributed by atoms with Crippen molar-refractivity contribution < 1.29 is 55.2 Å². The fourth-order valence-corrected chi connectivity index (χ4v) is 4.10. The summed E-state index contributed by atoms with van der Waals surface area (Å²) in [5, 5.41) is 0. The molecule has 0 bridgehead atoms. The first-order valence-electron chi connectivity index (χ1n) is 13.8. The van der Waals surface area contributed by atoms with E-state index in [9.17, 15) is 8.42 Å². The lowest BCUT2D eigenvalue weighted by molar-refractivity contribution is -0.0251. The molecule has 1 aromatic carbocycles. The highest BCUT2D eigenvalue weighted by molar-refractivity contribution is 14.1. The molecule has 0 saturated carbocycles. The highest BCUT2D eigenvalue weighted by atomic mass is 127. The van der Waals surface area contributed by atoms with Crippen LogP contribution in [-0.2, 0) is 56.9 Å². The third-order valence-corrected chi connectivity index (χ3v) is 6.74. The Hall–Kier alpha value is -0.500. The van der Waals surface area contributed by atoms with Gasteiger partial charge in [-0.3, -0.25) is 4.18 Å². The lowest BCUT2D eigenvalue weighted by Crippen LogP contribution is -2.15. The number of benzene rings is 1.